The van der Waals surface area contributed by atoms with E-state index in [1.807, 2.05) is 0 Å². The molecule has 3 nitrogen and oxygen atoms in total. The van der Waals surface area contributed by atoms with Gasteiger partial charge < -0.3 is 10.9 Å². The molecule has 0 atom stereocenters. The van der Waals surface area contributed by atoms with Crippen molar-refractivity contribution in [2.45, 2.75) is 6.92 Å². The fourth-order valence-corrected chi connectivity index (χ4v) is 0. The van der Waals surface area contributed by atoms with Crippen molar-refractivity contribution in [3.8, 4) is 0 Å². The molecule has 0 bridgehead atoms. The lowest BCUT2D eigenvalue weighted by atomic mass is 10.6. The zero-order chi connectivity index (χ0) is 5.58. The van der Waals surface area contributed by atoms with E-state index >= 15 is 0 Å². The van der Waals surface area contributed by atoms with Crippen LogP contribution in [0.1, 0.15) is 6.92 Å². The van der Waals surface area contributed by atoms with E-state index in [9.17, 15) is 0 Å². The van der Waals surface area contributed by atoms with Gasteiger partial charge in [0, 0.05) is 0 Å². The van der Waals surface area contributed by atoms with Crippen molar-refractivity contribution in [1.29, 1.82) is 0 Å². The molecular formula is C3H10N2O. The Labute approximate surface area is 37.2 Å². The Morgan fingerprint density at radius 1 is 1.67 bits per heavy atom. The summed E-state index contributed by atoms with van der Waals surface area (Å²) in [6, 6.07) is 0. The first kappa shape index (κ1) is 9.07. The Morgan fingerprint density at radius 2 is 1.67 bits per heavy atom. The summed E-state index contributed by atoms with van der Waals surface area (Å²) in [7, 11) is 0. The third-order valence-corrected chi connectivity index (χ3v) is 0. The standard InChI is InChI=1S/C3H7N.H3NO/c1-3(2)4;1-2/h1,4H2,2H3;2H,1H2. The maximum absolute atomic E-state index is 6.50. The summed E-state index contributed by atoms with van der Waals surface area (Å²) in [5.41, 5.74) is 5.58. The van der Waals surface area contributed by atoms with Crippen LogP contribution >= 0.6 is 0 Å². The Kier molecular flexibility index (Phi) is 13.3. The molecule has 0 spiro atoms. The summed E-state index contributed by atoms with van der Waals surface area (Å²) in [6.07, 6.45) is 0. The highest BCUT2D eigenvalue weighted by atomic mass is 16.4. The van der Waals surface area contributed by atoms with Gasteiger partial charge in [0.25, 0.3) is 0 Å². The van der Waals surface area contributed by atoms with Gasteiger partial charge in [-0.3, -0.25) is 0 Å². The molecule has 5 N–H and O–H groups in total. The SMILES string of the molecule is C=C(C)N.NO. The normalized spacial score (nSPS) is 5.17. The lowest BCUT2D eigenvalue weighted by Crippen LogP contribution is -1.83. The minimum Gasteiger partial charge on any atom is -0.403 e. The predicted molar refractivity (Wildman–Crippen MR) is 25.0 cm³/mol. The Balaban J connectivity index is 0. The average Bonchev–Trinajstić information content (AvgIpc) is 1.41. The minimum atomic E-state index is 0.667. The van der Waals surface area contributed by atoms with Gasteiger partial charge in [-0.15, -0.1) is 0 Å². The molecule has 3 heteroatoms. The van der Waals surface area contributed by atoms with Gasteiger partial charge in [0.15, 0.2) is 0 Å². The highest BCUT2D eigenvalue weighted by molar-refractivity contribution is 4.76. The van der Waals surface area contributed by atoms with Crippen LogP contribution in [0.25, 0.3) is 0 Å². The second kappa shape index (κ2) is 8.82. The topological polar surface area (TPSA) is 72.3 Å². The van der Waals surface area contributed by atoms with Crippen LogP contribution in [-0.4, -0.2) is 5.21 Å². The molecular weight excluding hydrogens is 80.0 g/mol. The zero-order valence-electron chi connectivity index (χ0n) is 3.81. The first-order chi connectivity index (χ1) is 2.73. The third-order valence-electron chi connectivity index (χ3n) is 0. The van der Waals surface area contributed by atoms with Crippen LogP contribution in [0.4, 0.5) is 0 Å². The van der Waals surface area contributed by atoms with E-state index in [2.05, 4.69) is 12.5 Å². The number of nitrogens with two attached hydrogens (primary N) is 2. The summed E-state index contributed by atoms with van der Waals surface area (Å²) in [4.78, 5) is 0. The van der Waals surface area contributed by atoms with E-state index < -0.39 is 0 Å². The fourth-order valence-electron chi connectivity index (χ4n) is 0. The molecule has 0 unspecified atom stereocenters. The van der Waals surface area contributed by atoms with Crippen LogP contribution in [0.3, 0.4) is 0 Å². The molecule has 0 rings (SSSR count). The molecule has 38 valence electrons. The molecule has 0 aromatic carbocycles. The molecule has 6 heavy (non-hydrogen) atoms. The second-order valence-corrected chi connectivity index (χ2v) is 0.846. The maximum atomic E-state index is 6.50. The summed E-state index contributed by atoms with van der Waals surface area (Å²) < 4.78 is 0. The van der Waals surface area contributed by atoms with Crippen LogP contribution in [0, 0.1) is 0 Å². The van der Waals surface area contributed by atoms with Gasteiger partial charge in [-0.25, -0.2) is 5.90 Å². The first-order valence-electron chi connectivity index (χ1n) is 1.40. The van der Waals surface area contributed by atoms with Crippen LogP contribution < -0.4 is 11.6 Å². The van der Waals surface area contributed by atoms with E-state index in [0.717, 1.165) is 0 Å². The monoisotopic (exact) mass is 90.1 g/mol. The van der Waals surface area contributed by atoms with Gasteiger partial charge in [0.05, 0.1) is 0 Å². The summed E-state index contributed by atoms with van der Waals surface area (Å²) in [6.45, 7) is 5.08. The first-order valence-corrected chi connectivity index (χ1v) is 1.40. The molecule has 0 aromatic rings. The van der Waals surface area contributed by atoms with Gasteiger partial charge in [-0.2, -0.15) is 0 Å². The van der Waals surface area contributed by atoms with Crippen LogP contribution in [0.5, 0.6) is 0 Å². The minimum absolute atomic E-state index is 0.667. The highest BCUT2D eigenvalue weighted by Crippen LogP contribution is 1.58. The molecule has 0 saturated heterocycles. The Morgan fingerprint density at radius 3 is 1.67 bits per heavy atom. The van der Waals surface area contributed by atoms with Gasteiger partial charge >= 0.3 is 0 Å². The molecule has 0 fully saturated rings. The maximum Gasteiger partial charge on any atom is -0.00242 e. The number of hydrogen-bond acceptors (Lipinski definition) is 3. The lowest BCUT2D eigenvalue weighted by Gasteiger charge is -1.69. The number of rotatable bonds is 0. The van der Waals surface area contributed by atoms with Gasteiger partial charge in [0.1, 0.15) is 0 Å². The van der Waals surface area contributed by atoms with Crippen LogP contribution in [0.2, 0.25) is 0 Å². The van der Waals surface area contributed by atoms with Gasteiger partial charge in [-0.05, 0) is 12.6 Å². The van der Waals surface area contributed by atoms with Gasteiger partial charge in [0.2, 0.25) is 0 Å². The van der Waals surface area contributed by atoms with Crippen molar-refractivity contribution < 1.29 is 5.21 Å². The van der Waals surface area contributed by atoms with Crippen molar-refractivity contribution in [1.82, 2.24) is 0 Å². The fraction of sp³-hybridized carbons (Fsp3) is 0.333. The molecule has 0 saturated carbocycles. The molecule has 0 aliphatic carbocycles. The van der Waals surface area contributed by atoms with Crippen molar-refractivity contribution in [3.05, 3.63) is 12.3 Å². The molecule has 0 aliphatic rings. The Bertz CT molecular complexity index is 31.8. The second-order valence-electron chi connectivity index (χ2n) is 0.846. The van der Waals surface area contributed by atoms with Crippen LogP contribution in [0.15, 0.2) is 12.3 Å². The van der Waals surface area contributed by atoms with Crippen LogP contribution in [-0.2, 0) is 0 Å². The van der Waals surface area contributed by atoms with E-state index in [-0.39, 0.29) is 0 Å². The van der Waals surface area contributed by atoms with Crippen molar-refractivity contribution >= 4 is 0 Å². The van der Waals surface area contributed by atoms with E-state index in [4.69, 9.17) is 10.9 Å². The van der Waals surface area contributed by atoms with E-state index in [0.29, 0.717) is 5.70 Å². The Hall–Kier alpha value is -0.540. The quantitative estimate of drug-likeness (QED) is 0.361. The van der Waals surface area contributed by atoms with Crippen molar-refractivity contribution in [2.75, 3.05) is 0 Å². The molecule has 0 radical (unpaired) electrons. The number of hydrogen-bond donors (Lipinski definition) is 3. The summed E-state index contributed by atoms with van der Waals surface area (Å²) >= 11 is 0. The van der Waals surface area contributed by atoms with E-state index in [1.165, 1.54) is 0 Å². The van der Waals surface area contributed by atoms with Gasteiger partial charge in [-0.1, -0.05) is 6.58 Å². The highest BCUT2D eigenvalue weighted by Gasteiger charge is 1.50. The molecule has 0 aromatic heterocycles. The van der Waals surface area contributed by atoms with E-state index in [1.54, 1.807) is 6.92 Å². The zero-order valence-corrected chi connectivity index (χ0v) is 3.81. The average molecular weight is 90.1 g/mol. The largest absolute Gasteiger partial charge is 0.403 e. The summed E-state index contributed by atoms with van der Waals surface area (Å²) in [5, 5.41) is 6.50. The summed E-state index contributed by atoms with van der Waals surface area (Å²) in [5.74, 6) is 3.50. The number of allylic oxidation sites excluding steroid dienone is 1. The molecule has 0 heterocycles. The van der Waals surface area contributed by atoms with Crippen molar-refractivity contribution in [2.24, 2.45) is 11.6 Å². The molecule has 0 amide bonds. The third kappa shape index (κ3) is 71.8. The molecule has 0 aliphatic heterocycles. The predicted octanol–water partition coefficient (Wildman–Crippen LogP) is -0.187. The van der Waals surface area contributed by atoms with Crippen molar-refractivity contribution in [3.63, 3.8) is 0 Å². The lowest BCUT2D eigenvalue weighted by molar-refractivity contribution is 0.311. The smallest absolute Gasteiger partial charge is 0.00242 e.